The van der Waals surface area contributed by atoms with Crippen LogP contribution in [-0.2, 0) is 11.2 Å². The second-order valence-electron chi connectivity index (χ2n) is 4.66. The maximum atomic E-state index is 12.7. The van der Waals surface area contributed by atoms with Gasteiger partial charge in [0.1, 0.15) is 5.69 Å². The van der Waals surface area contributed by atoms with E-state index < -0.39 is 5.97 Å². The largest absolute Gasteiger partial charge is 0.464 e. The normalized spacial score (nSPS) is 10.5. The summed E-state index contributed by atoms with van der Waals surface area (Å²) in [5.74, 6) is -0.555. The van der Waals surface area contributed by atoms with Gasteiger partial charge in [-0.25, -0.2) is 4.79 Å². The summed E-state index contributed by atoms with van der Waals surface area (Å²) in [5.41, 5.74) is 2.87. The van der Waals surface area contributed by atoms with E-state index in [-0.39, 0.29) is 5.78 Å². The average Bonchev–Trinajstić information content (AvgIpc) is 2.82. The number of carbonyl (C=O) groups is 2. The number of halogens is 1. The predicted octanol–water partition coefficient (Wildman–Crippen LogP) is 3.67. The zero-order chi connectivity index (χ0) is 15.6. The second-order valence-corrected chi connectivity index (χ2v) is 5.58. The molecule has 110 valence electrons. The van der Waals surface area contributed by atoms with Gasteiger partial charge in [0, 0.05) is 21.3 Å². The molecule has 0 fully saturated rings. The topological polar surface area (TPSA) is 59.2 Å². The fourth-order valence-corrected chi connectivity index (χ4v) is 2.79. The molecule has 2 aromatic rings. The van der Waals surface area contributed by atoms with Gasteiger partial charge >= 0.3 is 5.97 Å². The van der Waals surface area contributed by atoms with E-state index in [2.05, 4.69) is 20.9 Å². The van der Waals surface area contributed by atoms with Crippen molar-refractivity contribution in [3.8, 4) is 0 Å². The summed E-state index contributed by atoms with van der Waals surface area (Å²) < 4.78 is 5.60. The standard InChI is InChI=1S/C16H16BrNO3/c1-4-12-13(9(2)18-14(12)16(20)21-3)15(19)10-6-5-7-11(17)8-10/h5-8,18H,4H2,1-3H3. The number of aromatic nitrogens is 1. The van der Waals surface area contributed by atoms with Crippen molar-refractivity contribution < 1.29 is 14.3 Å². The molecule has 4 nitrogen and oxygen atoms in total. The molecule has 0 aliphatic rings. The van der Waals surface area contributed by atoms with Crippen molar-refractivity contribution in [1.29, 1.82) is 0 Å². The maximum Gasteiger partial charge on any atom is 0.354 e. The van der Waals surface area contributed by atoms with Crippen LogP contribution in [0.15, 0.2) is 28.7 Å². The molecule has 0 spiro atoms. The fraction of sp³-hybridized carbons (Fsp3) is 0.250. The lowest BCUT2D eigenvalue weighted by atomic mass is 9.97. The van der Waals surface area contributed by atoms with Gasteiger partial charge in [0.05, 0.1) is 7.11 Å². The van der Waals surface area contributed by atoms with Gasteiger partial charge in [-0.1, -0.05) is 35.0 Å². The molecule has 2 rings (SSSR count). The lowest BCUT2D eigenvalue weighted by Crippen LogP contribution is -2.08. The number of benzene rings is 1. The minimum atomic E-state index is -0.455. The van der Waals surface area contributed by atoms with Gasteiger partial charge in [-0.2, -0.15) is 0 Å². The number of hydrogen-bond donors (Lipinski definition) is 1. The van der Waals surface area contributed by atoms with E-state index in [1.54, 1.807) is 19.1 Å². The Morgan fingerprint density at radius 3 is 2.62 bits per heavy atom. The summed E-state index contributed by atoms with van der Waals surface area (Å²) in [6.45, 7) is 3.70. The van der Waals surface area contributed by atoms with Gasteiger partial charge < -0.3 is 9.72 Å². The molecular formula is C16H16BrNO3. The van der Waals surface area contributed by atoms with E-state index in [4.69, 9.17) is 4.74 Å². The van der Waals surface area contributed by atoms with Crippen molar-refractivity contribution in [2.75, 3.05) is 7.11 Å². The van der Waals surface area contributed by atoms with E-state index in [0.29, 0.717) is 34.5 Å². The zero-order valence-corrected chi connectivity index (χ0v) is 13.7. The van der Waals surface area contributed by atoms with Crippen molar-refractivity contribution in [3.05, 3.63) is 56.8 Å². The van der Waals surface area contributed by atoms with Gasteiger partial charge in [-0.15, -0.1) is 0 Å². The first-order valence-electron chi connectivity index (χ1n) is 6.59. The van der Waals surface area contributed by atoms with Crippen molar-refractivity contribution in [2.24, 2.45) is 0 Å². The zero-order valence-electron chi connectivity index (χ0n) is 12.1. The molecule has 1 heterocycles. The van der Waals surface area contributed by atoms with E-state index in [1.807, 2.05) is 19.1 Å². The molecule has 0 bridgehead atoms. The summed E-state index contributed by atoms with van der Waals surface area (Å²) in [6.07, 6.45) is 0.573. The Hall–Kier alpha value is -1.88. The molecule has 0 aliphatic heterocycles. The molecule has 1 aromatic heterocycles. The number of carbonyl (C=O) groups excluding carboxylic acids is 2. The van der Waals surface area contributed by atoms with Gasteiger partial charge in [0.15, 0.2) is 5.78 Å². The van der Waals surface area contributed by atoms with Gasteiger partial charge in [0.25, 0.3) is 0 Å². The maximum absolute atomic E-state index is 12.7. The van der Waals surface area contributed by atoms with Crippen LogP contribution in [0.5, 0.6) is 0 Å². The third-order valence-corrected chi connectivity index (χ3v) is 3.84. The Morgan fingerprint density at radius 1 is 1.33 bits per heavy atom. The monoisotopic (exact) mass is 349 g/mol. The Kier molecular flexibility index (Phi) is 4.63. The second kappa shape index (κ2) is 6.26. The number of aromatic amines is 1. The van der Waals surface area contributed by atoms with E-state index in [9.17, 15) is 9.59 Å². The highest BCUT2D eigenvalue weighted by Crippen LogP contribution is 2.24. The van der Waals surface area contributed by atoms with Crippen LogP contribution < -0.4 is 0 Å². The smallest absolute Gasteiger partial charge is 0.354 e. The minimum Gasteiger partial charge on any atom is -0.464 e. The molecule has 0 amide bonds. The number of hydrogen-bond acceptors (Lipinski definition) is 3. The van der Waals surface area contributed by atoms with Crippen molar-refractivity contribution in [3.63, 3.8) is 0 Å². The highest BCUT2D eigenvalue weighted by atomic mass is 79.9. The molecule has 0 radical (unpaired) electrons. The highest BCUT2D eigenvalue weighted by molar-refractivity contribution is 9.10. The summed E-state index contributed by atoms with van der Waals surface area (Å²) in [5, 5.41) is 0. The van der Waals surface area contributed by atoms with Crippen LogP contribution in [0.2, 0.25) is 0 Å². The number of aryl methyl sites for hydroxylation is 1. The van der Waals surface area contributed by atoms with Gasteiger partial charge in [-0.3, -0.25) is 4.79 Å². The number of ether oxygens (including phenoxy) is 1. The van der Waals surface area contributed by atoms with Crippen LogP contribution in [0.25, 0.3) is 0 Å². The first kappa shape index (κ1) is 15.5. The SMILES string of the molecule is CCc1c(C(=O)OC)[nH]c(C)c1C(=O)c1cccc(Br)c1. The van der Waals surface area contributed by atoms with Crippen LogP contribution in [0.1, 0.15) is 44.6 Å². The summed E-state index contributed by atoms with van der Waals surface area (Å²) in [4.78, 5) is 27.5. The average molecular weight is 350 g/mol. The molecule has 0 aliphatic carbocycles. The molecule has 5 heteroatoms. The highest BCUT2D eigenvalue weighted by Gasteiger charge is 2.24. The first-order chi connectivity index (χ1) is 9.99. The summed E-state index contributed by atoms with van der Waals surface area (Å²) in [6, 6.07) is 7.20. The van der Waals surface area contributed by atoms with Gasteiger partial charge in [-0.05, 0) is 31.0 Å². The third kappa shape index (κ3) is 2.93. The molecule has 21 heavy (non-hydrogen) atoms. The first-order valence-corrected chi connectivity index (χ1v) is 7.38. The van der Waals surface area contributed by atoms with E-state index in [1.165, 1.54) is 7.11 Å². The Morgan fingerprint density at radius 2 is 2.05 bits per heavy atom. The number of nitrogens with one attached hydrogen (secondary N) is 1. The van der Waals surface area contributed by atoms with E-state index in [0.717, 1.165) is 4.47 Å². The van der Waals surface area contributed by atoms with E-state index >= 15 is 0 Å². The third-order valence-electron chi connectivity index (χ3n) is 3.35. The molecule has 0 unspecified atom stereocenters. The number of H-pyrrole nitrogens is 1. The van der Waals surface area contributed by atoms with Crippen LogP contribution in [-0.4, -0.2) is 23.8 Å². The Labute approximate surface area is 131 Å². The molecular weight excluding hydrogens is 334 g/mol. The van der Waals surface area contributed by atoms with Crippen LogP contribution in [0.3, 0.4) is 0 Å². The minimum absolute atomic E-state index is 0.1000. The molecule has 0 atom stereocenters. The lowest BCUT2D eigenvalue weighted by molar-refractivity contribution is 0.0593. The number of methoxy groups -OCH3 is 1. The Balaban J connectivity index is 2.56. The molecule has 1 aromatic carbocycles. The lowest BCUT2D eigenvalue weighted by Gasteiger charge is -2.05. The van der Waals surface area contributed by atoms with Crippen molar-refractivity contribution in [1.82, 2.24) is 4.98 Å². The number of esters is 1. The molecule has 0 saturated heterocycles. The fourth-order valence-electron chi connectivity index (χ4n) is 2.39. The quantitative estimate of drug-likeness (QED) is 0.676. The molecule has 1 N–H and O–H groups in total. The summed E-state index contributed by atoms with van der Waals surface area (Å²) in [7, 11) is 1.33. The van der Waals surface area contributed by atoms with Crippen molar-refractivity contribution in [2.45, 2.75) is 20.3 Å². The van der Waals surface area contributed by atoms with Crippen LogP contribution in [0, 0.1) is 6.92 Å². The van der Waals surface area contributed by atoms with Crippen molar-refractivity contribution >= 4 is 27.7 Å². The van der Waals surface area contributed by atoms with Crippen LogP contribution in [0.4, 0.5) is 0 Å². The number of ketones is 1. The Bertz CT molecular complexity index is 704. The predicted molar refractivity (Wildman–Crippen MR) is 83.8 cm³/mol. The molecule has 0 saturated carbocycles. The summed E-state index contributed by atoms with van der Waals surface area (Å²) >= 11 is 3.36. The van der Waals surface area contributed by atoms with Gasteiger partial charge in [0.2, 0.25) is 0 Å². The number of rotatable bonds is 4. The van der Waals surface area contributed by atoms with Crippen LogP contribution >= 0.6 is 15.9 Å².